The van der Waals surface area contributed by atoms with Crippen LogP contribution in [-0.4, -0.2) is 25.2 Å². The number of nitrogens with one attached hydrogen (secondary N) is 2. The minimum Gasteiger partial charge on any atom is -0.490 e. The van der Waals surface area contributed by atoms with Crippen LogP contribution in [0.5, 0.6) is 5.75 Å². The van der Waals surface area contributed by atoms with Crippen LogP contribution < -0.4 is 21.1 Å². The Morgan fingerprint density at radius 2 is 1.65 bits per heavy atom. The largest absolute Gasteiger partial charge is 0.490 e. The smallest absolute Gasteiger partial charge is 0.404 e. The Morgan fingerprint density at radius 3 is 2.39 bits per heavy atom. The van der Waals surface area contributed by atoms with Crippen LogP contribution in [0.25, 0.3) is 0 Å². The van der Waals surface area contributed by atoms with E-state index in [1.807, 2.05) is 37.3 Å². The van der Waals surface area contributed by atoms with Crippen molar-refractivity contribution in [2.75, 3.05) is 23.8 Å². The number of primary amides is 1. The van der Waals surface area contributed by atoms with Gasteiger partial charge in [-0.15, -0.1) is 0 Å². The van der Waals surface area contributed by atoms with Crippen molar-refractivity contribution in [2.45, 2.75) is 6.92 Å². The molecule has 4 N–H and O–H groups in total. The first-order valence-electron chi connectivity index (χ1n) is 9.51. The zero-order chi connectivity index (χ0) is 22.2. The molecule has 31 heavy (non-hydrogen) atoms. The van der Waals surface area contributed by atoms with E-state index in [4.69, 9.17) is 22.1 Å². The molecule has 3 aromatic carbocycles. The number of carbonyl (C=O) groups excluding carboxylic acids is 2. The molecule has 0 aromatic heterocycles. The summed E-state index contributed by atoms with van der Waals surface area (Å²) in [5.74, 6) is 0.316. The van der Waals surface area contributed by atoms with Crippen LogP contribution in [0.2, 0.25) is 5.02 Å². The SMILES string of the molecule is Cc1c(Cl)cccc1Nc1ccccc1C(=O)Nc1ccc(OCCOC(N)=O)cc1. The third kappa shape index (κ3) is 6.13. The molecule has 0 saturated heterocycles. The Labute approximate surface area is 185 Å². The summed E-state index contributed by atoms with van der Waals surface area (Å²) in [6, 6.07) is 19.7. The number of rotatable bonds is 8. The van der Waals surface area contributed by atoms with Gasteiger partial charge in [-0.3, -0.25) is 4.79 Å². The second-order valence-corrected chi connectivity index (χ2v) is 6.98. The summed E-state index contributed by atoms with van der Waals surface area (Å²) in [5.41, 5.74) is 8.38. The maximum Gasteiger partial charge on any atom is 0.404 e. The van der Waals surface area contributed by atoms with Gasteiger partial charge >= 0.3 is 6.09 Å². The minimum absolute atomic E-state index is 0.0592. The molecule has 0 radical (unpaired) electrons. The van der Waals surface area contributed by atoms with Crippen LogP contribution in [0.15, 0.2) is 66.7 Å². The molecule has 0 fully saturated rings. The van der Waals surface area contributed by atoms with Gasteiger partial charge in [0.05, 0.1) is 11.3 Å². The summed E-state index contributed by atoms with van der Waals surface area (Å²) in [5, 5.41) is 6.81. The first-order valence-corrected chi connectivity index (χ1v) is 9.89. The highest BCUT2D eigenvalue weighted by Crippen LogP contribution is 2.28. The van der Waals surface area contributed by atoms with E-state index in [-0.39, 0.29) is 19.1 Å². The van der Waals surface area contributed by atoms with E-state index in [1.54, 1.807) is 36.4 Å². The molecule has 2 amide bonds. The summed E-state index contributed by atoms with van der Waals surface area (Å²) >= 11 is 6.20. The van der Waals surface area contributed by atoms with Gasteiger partial charge in [-0.1, -0.05) is 29.8 Å². The molecule has 0 bridgehead atoms. The molecule has 3 rings (SSSR count). The van der Waals surface area contributed by atoms with Crippen LogP contribution >= 0.6 is 11.6 Å². The maximum atomic E-state index is 12.9. The lowest BCUT2D eigenvalue weighted by atomic mass is 10.1. The molecular weight excluding hydrogens is 418 g/mol. The molecular formula is C23H22ClN3O4. The maximum absolute atomic E-state index is 12.9. The van der Waals surface area contributed by atoms with Crippen molar-refractivity contribution >= 4 is 40.7 Å². The number of hydrogen-bond acceptors (Lipinski definition) is 5. The first-order chi connectivity index (χ1) is 14.9. The molecule has 0 unspecified atom stereocenters. The van der Waals surface area contributed by atoms with Gasteiger partial charge in [-0.2, -0.15) is 0 Å². The first kappa shape index (κ1) is 22.0. The lowest BCUT2D eigenvalue weighted by Gasteiger charge is -2.15. The molecule has 0 heterocycles. The van der Waals surface area contributed by atoms with Gasteiger partial charge in [0.15, 0.2) is 0 Å². The minimum atomic E-state index is -0.845. The Hall–Kier alpha value is -3.71. The highest BCUT2D eigenvalue weighted by atomic mass is 35.5. The van der Waals surface area contributed by atoms with E-state index in [9.17, 15) is 9.59 Å². The number of amides is 2. The average Bonchev–Trinajstić information content (AvgIpc) is 2.76. The summed E-state index contributed by atoms with van der Waals surface area (Å²) in [4.78, 5) is 23.4. The van der Waals surface area contributed by atoms with Crippen LogP contribution in [0, 0.1) is 6.92 Å². The Bertz CT molecular complexity index is 1070. The zero-order valence-corrected chi connectivity index (χ0v) is 17.6. The lowest BCUT2D eigenvalue weighted by Crippen LogP contribution is -2.17. The van der Waals surface area contributed by atoms with Crippen LogP contribution in [0.3, 0.4) is 0 Å². The average molecular weight is 440 g/mol. The number of ether oxygens (including phenoxy) is 2. The van der Waals surface area contributed by atoms with Crippen LogP contribution in [0.1, 0.15) is 15.9 Å². The second-order valence-electron chi connectivity index (χ2n) is 6.58. The number of para-hydroxylation sites is 1. The van der Waals surface area contributed by atoms with Crippen molar-refractivity contribution in [3.8, 4) is 5.75 Å². The highest BCUT2D eigenvalue weighted by molar-refractivity contribution is 6.31. The fourth-order valence-electron chi connectivity index (χ4n) is 2.81. The normalized spacial score (nSPS) is 10.3. The van der Waals surface area contributed by atoms with Crippen molar-refractivity contribution in [1.29, 1.82) is 0 Å². The summed E-state index contributed by atoms with van der Waals surface area (Å²) < 4.78 is 10.0. The zero-order valence-electron chi connectivity index (χ0n) is 16.9. The van der Waals surface area contributed by atoms with Gasteiger partial charge in [0.1, 0.15) is 19.0 Å². The number of benzene rings is 3. The van der Waals surface area contributed by atoms with E-state index in [0.29, 0.717) is 27.7 Å². The second kappa shape index (κ2) is 10.4. The predicted molar refractivity (Wildman–Crippen MR) is 121 cm³/mol. The van der Waals surface area contributed by atoms with E-state index in [2.05, 4.69) is 15.4 Å². The fraction of sp³-hybridized carbons (Fsp3) is 0.130. The molecule has 3 aromatic rings. The topological polar surface area (TPSA) is 103 Å². The third-order valence-electron chi connectivity index (χ3n) is 4.42. The van der Waals surface area contributed by atoms with Gasteiger partial charge in [-0.25, -0.2) is 4.79 Å². The summed E-state index contributed by atoms with van der Waals surface area (Å²) in [6.45, 7) is 2.15. The fourth-order valence-corrected chi connectivity index (χ4v) is 2.99. The Kier molecular flexibility index (Phi) is 7.35. The monoisotopic (exact) mass is 439 g/mol. The molecule has 0 aliphatic carbocycles. The van der Waals surface area contributed by atoms with E-state index in [1.165, 1.54) is 0 Å². The van der Waals surface area contributed by atoms with Crippen molar-refractivity contribution < 1.29 is 19.1 Å². The number of halogens is 1. The van der Waals surface area contributed by atoms with Crippen molar-refractivity contribution in [3.63, 3.8) is 0 Å². The summed E-state index contributed by atoms with van der Waals surface area (Å²) in [6.07, 6.45) is -0.845. The lowest BCUT2D eigenvalue weighted by molar-refractivity contribution is 0.102. The molecule has 0 saturated carbocycles. The van der Waals surface area contributed by atoms with Gasteiger partial charge in [0.25, 0.3) is 5.91 Å². The molecule has 8 heteroatoms. The van der Waals surface area contributed by atoms with Gasteiger partial charge < -0.3 is 25.8 Å². The molecule has 0 spiro atoms. The standard InChI is InChI=1S/C23H22ClN3O4/c1-15-19(24)6-4-8-20(15)27-21-7-3-2-5-18(21)22(28)26-16-9-11-17(12-10-16)30-13-14-31-23(25)29/h2-12,27H,13-14H2,1H3,(H2,25,29)(H,26,28). The number of carbonyl (C=O) groups is 2. The molecule has 0 atom stereocenters. The molecule has 0 aliphatic heterocycles. The van der Waals surface area contributed by atoms with Crippen LogP contribution in [-0.2, 0) is 4.74 Å². The van der Waals surface area contributed by atoms with Gasteiger partial charge in [0.2, 0.25) is 0 Å². The third-order valence-corrected chi connectivity index (χ3v) is 4.83. The Balaban J connectivity index is 1.66. The van der Waals surface area contributed by atoms with E-state index < -0.39 is 6.09 Å². The van der Waals surface area contributed by atoms with E-state index >= 15 is 0 Å². The molecule has 7 nitrogen and oxygen atoms in total. The molecule has 0 aliphatic rings. The van der Waals surface area contributed by atoms with Crippen LogP contribution in [0.4, 0.5) is 21.9 Å². The highest BCUT2D eigenvalue weighted by Gasteiger charge is 2.13. The van der Waals surface area contributed by atoms with Gasteiger partial charge in [0, 0.05) is 16.4 Å². The number of nitrogens with two attached hydrogens (primary N) is 1. The number of hydrogen-bond donors (Lipinski definition) is 3. The van der Waals surface area contributed by atoms with Crippen molar-refractivity contribution in [3.05, 3.63) is 82.9 Å². The van der Waals surface area contributed by atoms with Crippen molar-refractivity contribution in [2.24, 2.45) is 5.73 Å². The quantitative estimate of drug-likeness (QED) is 0.423. The predicted octanol–water partition coefficient (Wildman–Crippen LogP) is 5.12. The molecule has 160 valence electrons. The van der Waals surface area contributed by atoms with Gasteiger partial charge in [-0.05, 0) is 61.0 Å². The Morgan fingerprint density at radius 1 is 0.935 bits per heavy atom. The van der Waals surface area contributed by atoms with Crippen molar-refractivity contribution in [1.82, 2.24) is 0 Å². The van der Waals surface area contributed by atoms with E-state index in [0.717, 1.165) is 11.3 Å². The summed E-state index contributed by atoms with van der Waals surface area (Å²) in [7, 11) is 0. The number of anilines is 3.